The van der Waals surface area contributed by atoms with Crippen LogP contribution in [0.15, 0.2) is 12.3 Å². The van der Waals surface area contributed by atoms with Crippen LogP contribution in [0.3, 0.4) is 0 Å². The molecule has 1 aromatic heterocycles. The summed E-state index contributed by atoms with van der Waals surface area (Å²) in [6.45, 7) is 0.503. The van der Waals surface area contributed by atoms with Gasteiger partial charge < -0.3 is 15.7 Å². The number of hydrogen-bond donors (Lipinski definition) is 3. The van der Waals surface area contributed by atoms with Crippen LogP contribution in [0.2, 0.25) is 0 Å². The Morgan fingerprint density at radius 1 is 1.50 bits per heavy atom. The van der Waals surface area contributed by atoms with Crippen LogP contribution >= 0.6 is 0 Å². The molecule has 1 fully saturated rings. The highest BCUT2D eigenvalue weighted by Crippen LogP contribution is 2.45. The van der Waals surface area contributed by atoms with Gasteiger partial charge in [0.15, 0.2) is 0 Å². The number of aromatic nitrogens is 2. The number of amides is 2. The molecule has 0 saturated heterocycles. The lowest BCUT2D eigenvalue weighted by Gasteiger charge is -2.11. The first-order valence-electron chi connectivity index (χ1n) is 5.75. The van der Waals surface area contributed by atoms with Crippen molar-refractivity contribution in [2.45, 2.75) is 19.4 Å². The summed E-state index contributed by atoms with van der Waals surface area (Å²) >= 11 is 0. The van der Waals surface area contributed by atoms with Crippen molar-refractivity contribution >= 4 is 12.0 Å². The highest BCUT2D eigenvalue weighted by Gasteiger charge is 2.50. The molecule has 0 atom stereocenters. The van der Waals surface area contributed by atoms with E-state index >= 15 is 0 Å². The largest absolute Gasteiger partial charge is 0.481 e. The van der Waals surface area contributed by atoms with E-state index in [0.717, 1.165) is 5.69 Å². The Morgan fingerprint density at radius 3 is 2.72 bits per heavy atom. The van der Waals surface area contributed by atoms with Gasteiger partial charge in [-0.2, -0.15) is 5.10 Å². The van der Waals surface area contributed by atoms with E-state index < -0.39 is 11.4 Å². The Morgan fingerprint density at radius 2 is 2.22 bits per heavy atom. The summed E-state index contributed by atoms with van der Waals surface area (Å²) in [7, 11) is 1.80. The molecule has 7 nitrogen and oxygen atoms in total. The number of hydrogen-bond acceptors (Lipinski definition) is 3. The van der Waals surface area contributed by atoms with Crippen LogP contribution in [0.4, 0.5) is 4.79 Å². The van der Waals surface area contributed by atoms with E-state index in [1.54, 1.807) is 24.0 Å². The Bertz CT molecular complexity index is 465. The van der Waals surface area contributed by atoms with Crippen LogP contribution < -0.4 is 10.6 Å². The van der Waals surface area contributed by atoms with Gasteiger partial charge in [-0.25, -0.2) is 4.79 Å². The number of carbonyl (C=O) groups is 2. The summed E-state index contributed by atoms with van der Waals surface area (Å²) in [5.41, 5.74) is 0.0227. The Labute approximate surface area is 104 Å². The number of carboxylic acid groups (broad SMARTS) is 1. The van der Waals surface area contributed by atoms with Gasteiger partial charge in [0, 0.05) is 19.8 Å². The van der Waals surface area contributed by atoms with Crippen LogP contribution in [0.5, 0.6) is 0 Å². The van der Waals surface area contributed by atoms with Crippen LogP contribution in [-0.2, 0) is 18.4 Å². The number of rotatable bonds is 5. The van der Waals surface area contributed by atoms with E-state index in [1.807, 2.05) is 0 Å². The average Bonchev–Trinajstić information content (AvgIpc) is 3.02. The number of nitrogens with one attached hydrogen (secondary N) is 2. The molecule has 1 heterocycles. The van der Waals surface area contributed by atoms with Crippen LogP contribution in [0.25, 0.3) is 0 Å². The molecule has 1 aromatic rings. The van der Waals surface area contributed by atoms with E-state index in [4.69, 9.17) is 5.11 Å². The summed E-state index contributed by atoms with van der Waals surface area (Å²) < 4.78 is 1.65. The summed E-state index contributed by atoms with van der Waals surface area (Å²) in [6.07, 6.45) is 3.05. The second-order valence-electron chi connectivity index (χ2n) is 4.60. The number of carbonyl (C=O) groups excluding carboxylic acids is 1. The lowest BCUT2D eigenvalue weighted by atomic mass is 10.1. The normalized spacial score (nSPS) is 16.1. The van der Waals surface area contributed by atoms with Crippen molar-refractivity contribution in [2.24, 2.45) is 12.5 Å². The molecule has 18 heavy (non-hydrogen) atoms. The van der Waals surface area contributed by atoms with Crippen molar-refractivity contribution in [2.75, 3.05) is 6.54 Å². The number of urea groups is 1. The summed E-state index contributed by atoms with van der Waals surface area (Å²) in [5, 5.41) is 18.3. The van der Waals surface area contributed by atoms with Crippen molar-refractivity contribution in [3.63, 3.8) is 0 Å². The molecule has 0 aromatic carbocycles. The molecule has 0 bridgehead atoms. The summed E-state index contributed by atoms with van der Waals surface area (Å²) in [5.74, 6) is -0.840. The standard InChI is InChI=1S/C11H16N4O3/c1-15-5-2-8(14-15)6-12-10(18)13-7-11(3-4-11)9(16)17/h2,5H,3-4,6-7H2,1H3,(H,16,17)(H2,12,13,18). The van der Waals surface area contributed by atoms with Crippen LogP contribution in [0, 0.1) is 5.41 Å². The van der Waals surface area contributed by atoms with E-state index in [0.29, 0.717) is 19.4 Å². The number of nitrogens with zero attached hydrogens (tertiary/aromatic N) is 2. The van der Waals surface area contributed by atoms with Gasteiger partial charge in [0.1, 0.15) is 0 Å². The van der Waals surface area contributed by atoms with Crippen molar-refractivity contribution in [3.8, 4) is 0 Å². The van der Waals surface area contributed by atoms with Gasteiger partial charge in [-0.05, 0) is 18.9 Å². The zero-order chi connectivity index (χ0) is 13.2. The minimum atomic E-state index is -0.840. The molecule has 3 N–H and O–H groups in total. The average molecular weight is 252 g/mol. The third-order valence-electron chi connectivity index (χ3n) is 3.09. The van der Waals surface area contributed by atoms with Crippen LogP contribution in [0.1, 0.15) is 18.5 Å². The molecule has 0 unspecified atom stereocenters. The molecule has 1 aliphatic rings. The van der Waals surface area contributed by atoms with Crippen molar-refractivity contribution < 1.29 is 14.7 Å². The summed E-state index contributed by atoms with van der Waals surface area (Å²) in [6, 6.07) is 1.44. The van der Waals surface area contributed by atoms with Gasteiger partial charge in [-0.3, -0.25) is 9.48 Å². The predicted molar refractivity (Wildman–Crippen MR) is 62.7 cm³/mol. The van der Waals surface area contributed by atoms with Gasteiger partial charge in [0.2, 0.25) is 0 Å². The first-order valence-corrected chi connectivity index (χ1v) is 5.75. The maximum Gasteiger partial charge on any atom is 0.315 e. The first-order chi connectivity index (χ1) is 8.52. The molecule has 98 valence electrons. The number of carboxylic acids is 1. The predicted octanol–water partition coefficient (Wildman–Crippen LogP) is 0.0841. The minimum absolute atomic E-state index is 0.177. The highest BCUT2D eigenvalue weighted by molar-refractivity contribution is 5.80. The number of aliphatic carboxylic acids is 1. The minimum Gasteiger partial charge on any atom is -0.481 e. The fraction of sp³-hybridized carbons (Fsp3) is 0.545. The third kappa shape index (κ3) is 2.79. The van der Waals surface area contributed by atoms with E-state index in [-0.39, 0.29) is 12.6 Å². The molecule has 7 heteroatoms. The molecule has 1 aliphatic carbocycles. The summed E-state index contributed by atoms with van der Waals surface area (Å²) in [4.78, 5) is 22.4. The lowest BCUT2D eigenvalue weighted by Crippen LogP contribution is -2.40. The first kappa shape index (κ1) is 12.4. The van der Waals surface area contributed by atoms with E-state index in [9.17, 15) is 9.59 Å². The SMILES string of the molecule is Cn1ccc(CNC(=O)NCC2(C(=O)O)CC2)n1. The van der Waals surface area contributed by atoms with Crippen LogP contribution in [-0.4, -0.2) is 33.4 Å². The zero-order valence-electron chi connectivity index (χ0n) is 10.1. The van der Waals surface area contributed by atoms with Gasteiger partial charge in [0.05, 0.1) is 17.7 Å². The molecule has 0 radical (unpaired) electrons. The van der Waals surface area contributed by atoms with Crippen molar-refractivity contribution in [1.29, 1.82) is 0 Å². The molecule has 0 aliphatic heterocycles. The highest BCUT2D eigenvalue weighted by atomic mass is 16.4. The smallest absolute Gasteiger partial charge is 0.315 e. The fourth-order valence-electron chi connectivity index (χ4n) is 1.66. The Hall–Kier alpha value is -2.05. The molecular formula is C11H16N4O3. The topological polar surface area (TPSA) is 96.2 Å². The maximum atomic E-state index is 11.5. The molecule has 0 spiro atoms. The molecular weight excluding hydrogens is 236 g/mol. The molecule has 2 amide bonds. The Balaban J connectivity index is 1.71. The monoisotopic (exact) mass is 252 g/mol. The maximum absolute atomic E-state index is 11.5. The van der Waals surface area contributed by atoms with Gasteiger partial charge in [0.25, 0.3) is 0 Å². The Kier molecular flexibility index (Phi) is 3.22. The van der Waals surface area contributed by atoms with Gasteiger partial charge in [-0.15, -0.1) is 0 Å². The quantitative estimate of drug-likeness (QED) is 0.691. The van der Waals surface area contributed by atoms with Gasteiger partial charge in [-0.1, -0.05) is 0 Å². The third-order valence-corrected chi connectivity index (χ3v) is 3.09. The van der Waals surface area contributed by atoms with E-state index in [2.05, 4.69) is 15.7 Å². The fourth-order valence-corrected chi connectivity index (χ4v) is 1.66. The van der Waals surface area contributed by atoms with Crippen molar-refractivity contribution in [1.82, 2.24) is 20.4 Å². The zero-order valence-corrected chi connectivity index (χ0v) is 10.1. The molecule has 1 saturated carbocycles. The second kappa shape index (κ2) is 4.67. The van der Waals surface area contributed by atoms with E-state index in [1.165, 1.54) is 0 Å². The van der Waals surface area contributed by atoms with Crippen molar-refractivity contribution in [3.05, 3.63) is 18.0 Å². The molecule has 2 rings (SSSR count). The number of aryl methyl sites for hydroxylation is 1. The van der Waals surface area contributed by atoms with Gasteiger partial charge >= 0.3 is 12.0 Å². The lowest BCUT2D eigenvalue weighted by molar-refractivity contribution is -0.143. The second-order valence-corrected chi connectivity index (χ2v) is 4.60.